The lowest BCUT2D eigenvalue weighted by Gasteiger charge is -2.17. The predicted molar refractivity (Wildman–Crippen MR) is 97.7 cm³/mol. The number of thioether (sulfide) groups is 1. The summed E-state index contributed by atoms with van der Waals surface area (Å²) in [6, 6.07) is 3.19. The van der Waals surface area contributed by atoms with Crippen LogP contribution in [0.3, 0.4) is 0 Å². The van der Waals surface area contributed by atoms with Crippen LogP contribution in [0.5, 0.6) is 11.5 Å². The van der Waals surface area contributed by atoms with Gasteiger partial charge in [0.2, 0.25) is 0 Å². The van der Waals surface area contributed by atoms with Crippen LogP contribution in [0.1, 0.15) is 25.8 Å². The summed E-state index contributed by atoms with van der Waals surface area (Å²) in [5.74, 6) is 1.33. The Hall–Kier alpha value is -0.920. The van der Waals surface area contributed by atoms with Crippen molar-refractivity contribution >= 4 is 33.7 Å². The van der Waals surface area contributed by atoms with E-state index in [9.17, 15) is 9.90 Å². The first-order valence-corrected chi connectivity index (χ1v) is 9.75. The quantitative estimate of drug-likeness (QED) is 0.586. The van der Waals surface area contributed by atoms with Gasteiger partial charge in [-0.05, 0) is 50.0 Å². The molecular weight excluding hydrogens is 382 g/mol. The van der Waals surface area contributed by atoms with Gasteiger partial charge in [0.1, 0.15) is 6.04 Å². The molecule has 0 aliphatic heterocycles. The minimum absolute atomic E-state index is 0.443. The van der Waals surface area contributed by atoms with Gasteiger partial charge in [-0.25, -0.2) is 0 Å². The Morgan fingerprint density at radius 2 is 1.91 bits per heavy atom. The molecule has 0 aromatic heterocycles. The molecule has 1 unspecified atom stereocenters. The summed E-state index contributed by atoms with van der Waals surface area (Å²) in [6.07, 6.45) is 2.56. The minimum Gasteiger partial charge on any atom is -0.490 e. The highest BCUT2D eigenvalue weighted by Crippen LogP contribution is 2.34. The molecule has 0 radical (unpaired) electrons. The second-order valence-corrected chi connectivity index (χ2v) is 6.65. The molecule has 0 fully saturated rings. The van der Waals surface area contributed by atoms with E-state index in [0.29, 0.717) is 37.7 Å². The highest BCUT2D eigenvalue weighted by atomic mass is 79.9. The van der Waals surface area contributed by atoms with Crippen molar-refractivity contribution in [3.8, 4) is 11.5 Å². The van der Waals surface area contributed by atoms with Crippen molar-refractivity contribution in [2.24, 2.45) is 0 Å². The molecule has 0 heterocycles. The number of carboxylic acids is 1. The fourth-order valence-electron chi connectivity index (χ4n) is 2.03. The zero-order chi connectivity index (χ0) is 17.2. The zero-order valence-electron chi connectivity index (χ0n) is 13.7. The fourth-order valence-corrected chi connectivity index (χ4v) is 2.96. The Morgan fingerprint density at radius 3 is 2.43 bits per heavy atom. The van der Waals surface area contributed by atoms with Gasteiger partial charge in [-0.15, -0.1) is 0 Å². The average molecular weight is 406 g/mol. The van der Waals surface area contributed by atoms with Crippen LogP contribution < -0.4 is 14.8 Å². The third-order valence-electron chi connectivity index (χ3n) is 3.16. The standard InChI is InChI=1S/C16H24BrNO4S/c1-4-21-14-8-11(12(17)9-15(14)22-5-2)10-18-13(16(19)20)6-7-23-3/h8-9,13,18H,4-7,10H2,1-3H3,(H,19,20). The summed E-state index contributed by atoms with van der Waals surface area (Å²) in [6.45, 7) is 5.37. The van der Waals surface area contributed by atoms with Crippen molar-refractivity contribution in [1.29, 1.82) is 0 Å². The molecule has 23 heavy (non-hydrogen) atoms. The number of hydrogen-bond donors (Lipinski definition) is 2. The summed E-state index contributed by atoms with van der Waals surface area (Å²) in [5, 5.41) is 12.4. The van der Waals surface area contributed by atoms with Gasteiger partial charge in [0.05, 0.1) is 13.2 Å². The highest BCUT2D eigenvalue weighted by molar-refractivity contribution is 9.10. The van der Waals surface area contributed by atoms with Crippen molar-refractivity contribution in [3.63, 3.8) is 0 Å². The van der Waals surface area contributed by atoms with Crippen molar-refractivity contribution in [2.75, 3.05) is 25.2 Å². The predicted octanol–water partition coefficient (Wildman–Crippen LogP) is 3.54. The van der Waals surface area contributed by atoms with Gasteiger partial charge in [-0.2, -0.15) is 11.8 Å². The molecule has 1 rings (SSSR count). The second-order valence-electron chi connectivity index (χ2n) is 4.81. The summed E-state index contributed by atoms with van der Waals surface area (Å²) in [5.41, 5.74) is 0.937. The van der Waals surface area contributed by atoms with Gasteiger partial charge in [-0.3, -0.25) is 4.79 Å². The molecule has 1 aromatic rings. The van der Waals surface area contributed by atoms with Crippen LogP contribution in [0, 0.1) is 0 Å². The lowest BCUT2D eigenvalue weighted by atomic mass is 10.1. The summed E-state index contributed by atoms with van der Waals surface area (Å²) in [4.78, 5) is 11.3. The van der Waals surface area contributed by atoms with Gasteiger partial charge in [-0.1, -0.05) is 15.9 Å². The molecule has 1 atom stereocenters. The molecule has 0 aliphatic rings. The molecule has 0 aliphatic carbocycles. The van der Waals surface area contributed by atoms with Crippen molar-refractivity contribution < 1.29 is 19.4 Å². The Kier molecular flexibility index (Phi) is 9.43. The first kappa shape index (κ1) is 20.1. The molecule has 5 nitrogen and oxygen atoms in total. The van der Waals surface area contributed by atoms with Crippen LogP contribution in [0.2, 0.25) is 0 Å². The number of rotatable bonds is 11. The number of carbonyl (C=O) groups is 1. The van der Waals surface area contributed by atoms with E-state index in [1.165, 1.54) is 0 Å². The number of ether oxygens (including phenoxy) is 2. The molecule has 0 saturated carbocycles. The van der Waals surface area contributed by atoms with Crippen LogP contribution in [-0.2, 0) is 11.3 Å². The van der Waals surface area contributed by atoms with Crippen molar-refractivity contribution in [2.45, 2.75) is 32.9 Å². The number of hydrogen-bond acceptors (Lipinski definition) is 5. The van der Waals surface area contributed by atoms with E-state index in [2.05, 4.69) is 21.2 Å². The molecule has 2 N–H and O–H groups in total. The van der Waals surface area contributed by atoms with Crippen LogP contribution in [-0.4, -0.2) is 42.3 Å². The first-order valence-electron chi connectivity index (χ1n) is 7.56. The monoisotopic (exact) mass is 405 g/mol. The van der Waals surface area contributed by atoms with Gasteiger partial charge in [0.15, 0.2) is 11.5 Å². The number of halogens is 1. The van der Waals surface area contributed by atoms with Crippen LogP contribution in [0.4, 0.5) is 0 Å². The van der Waals surface area contributed by atoms with Crippen molar-refractivity contribution in [3.05, 3.63) is 22.2 Å². The number of aliphatic carboxylic acids is 1. The maximum atomic E-state index is 11.3. The lowest BCUT2D eigenvalue weighted by Crippen LogP contribution is -2.36. The molecule has 7 heteroatoms. The van der Waals surface area contributed by atoms with Crippen LogP contribution in [0.25, 0.3) is 0 Å². The second kappa shape index (κ2) is 10.8. The third-order valence-corrected chi connectivity index (χ3v) is 4.54. The lowest BCUT2D eigenvalue weighted by molar-refractivity contribution is -0.139. The van der Waals surface area contributed by atoms with E-state index >= 15 is 0 Å². The van der Waals surface area contributed by atoms with E-state index in [1.807, 2.05) is 32.2 Å². The minimum atomic E-state index is -0.828. The number of nitrogens with one attached hydrogen (secondary N) is 1. The van der Waals surface area contributed by atoms with Gasteiger partial charge >= 0.3 is 5.97 Å². The molecule has 0 bridgehead atoms. The third kappa shape index (κ3) is 6.61. The Bertz CT molecular complexity index is 513. The van der Waals surface area contributed by atoms with Gasteiger partial charge in [0.25, 0.3) is 0 Å². The number of benzene rings is 1. The molecule has 130 valence electrons. The molecular formula is C16H24BrNO4S. The van der Waals surface area contributed by atoms with Gasteiger partial charge in [0, 0.05) is 11.0 Å². The molecule has 0 amide bonds. The van der Waals surface area contributed by atoms with Crippen LogP contribution in [0.15, 0.2) is 16.6 Å². The van der Waals surface area contributed by atoms with Crippen molar-refractivity contribution in [1.82, 2.24) is 5.32 Å². The smallest absolute Gasteiger partial charge is 0.320 e. The van der Waals surface area contributed by atoms with Gasteiger partial charge < -0.3 is 19.9 Å². The normalized spacial score (nSPS) is 12.0. The summed E-state index contributed by atoms with van der Waals surface area (Å²) >= 11 is 5.15. The Morgan fingerprint density at radius 1 is 1.30 bits per heavy atom. The number of carboxylic acid groups (broad SMARTS) is 1. The largest absolute Gasteiger partial charge is 0.490 e. The summed E-state index contributed by atoms with van der Waals surface area (Å²) in [7, 11) is 0. The molecule has 0 spiro atoms. The Balaban J connectivity index is 2.85. The van der Waals surface area contributed by atoms with E-state index in [-0.39, 0.29) is 0 Å². The maximum Gasteiger partial charge on any atom is 0.320 e. The first-order chi connectivity index (χ1) is 11.0. The highest BCUT2D eigenvalue weighted by Gasteiger charge is 2.17. The topological polar surface area (TPSA) is 67.8 Å². The SMILES string of the molecule is CCOc1cc(Br)c(CNC(CCSC)C(=O)O)cc1OCC. The van der Waals surface area contributed by atoms with E-state index in [0.717, 1.165) is 15.8 Å². The fraction of sp³-hybridized carbons (Fsp3) is 0.562. The zero-order valence-corrected chi connectivity index (χ0v) is 16.1. The van der Waals surface area contributed by atoms with E-state index in [1.54, 1.807) is 11.8 Å². The average Bonchev–Trinajstić information content (AvgIpc) is 2.51. The molecule has 0 saturated heterocycles. The van der Waals surface area contributed by atoms with E-state index < -0.39 is 12.0 Å². The summed E-state index contributed by atoms with van der Waals surface area (Å²) < 4.78 is 12.0. The van der Waals surface area contributed by atoms with Crippen LogP contribution >= 0.6 is 27.7 Å². The Labute approximate surface area is 150 Å². The molecule has 1 aromatic carbocycles. The van der Waals surface area contributed by atoms with E-state index in [4.69, 9.17) is 9.47 Å². The maximum absolute atomic E-state index is 11.3.